The molecule has 0 heterocycles. The lowest BCUT2D eigenvalue weighted by molar-refractivity contribution is -0.120. The zero-order chi connectivity index (χ0) is 17.7. The largest absolute Gasteiger partial charge is 0.490 e. The monoisotopic (exact) mass is 410 g/mol. The Labute approximate surface area is 159 Å². The van der Waals surface area contributed by atoms with Crippen molar-refractivity contribution in [2.75, 3.05) is 30.5 Å². The molecule has 1 aliphatic rings. The van der Waals surface area contributed by atoms with Crippen LogP contribution in [0, 0.1) is 11.8 Å². The van der Waals surface area contributed by atoms with E-state index in [1.165, 1.54) is 0 Å². The van der Waals surface area contributed by atoms with E-state index < -0.39 is 9.84 Å². The molecule has 1 aromatic carbocycles. The fourth-order valence-electron chi connectivity index (χ4n) is 2.92. The number of amides is 1. The van der Waals surface area contributed by atoms with E-state index in [9.17, 15) is 13.2 Å². The molecule has 0 saturated heterocycles. The van der Waals surface area contributed by atoms with Crippen LogP contribution in [0.25, 0.3) is 0 Å². The molecular weight excluding hydrogens is 387 g/mol. The van der Waals surface area contributed by atoms with Crippen molar-refractivity contribution in [3.05, 3.63) is 23.2 Å². The van der Waals surface area contributed by atoms with Gasteiger partial charge in [-0.05, 0) is 43.5 Å². The lowest BCUT2D eigenvalue weighted by Crippen LogP contribution is -2.30. The number of anilines is 1. The number of benzene rings is 1. The summed E-state index contributed by atoms with van der Waals surface area (Å²) in [6, 6.07) is 4.85. The van der Waals surface area contributed by atoms with Crippen molar-refractivity contribution < 1.29 is 17.9 Å². The number of ether oxygens (including phenoxy) is 1. The third-order valence-corrected chi connectivity index (χ3v) is 5.35. The second kappa shape index (κ2) is 9.62. The molecule has 1 saturated carbocycles. The zero-order valence-corrected chi connectivity index (χ0v) is 16.4. The number of halogens is 2. The second-order valence-electron chi connectivity index (χ2n) is 6.14. The van der Waals surface area contributed by atoms with E-state index in [4.69, 9.17) is 22.1 Å². The normalized spacial score (nSPS) is 20.0. The predicted molar refractivity (Wildman–Crippen MR) is 102 cm³/mol. The molecule has 2 rings (SSSR count). The minimum atomic E-state index is -3.11. The Morgan fingerprint density at radius 3 is 2.76 bits per heavy atom. The number of rotatable bonds is 7. The van der Waals surface area contributed by atoms with Crippen LogP contribution in [-0.4, -0.2) is 39.5 Å². The first-order chi connectivity index (χ1) is 11.3. The molecule has 1 aromatic rings. The fraction of sp³-hybridized carbons (Fsp3) is 0.562. The van der Waals surface area contributed by atoms with Gasteiger partial charge in [0.25, 0.3) is 0 Å². The molecule has 1 amide bonds. The number of hydrogen-bond acceptors (Lipinski definition) is 5. The van der Waals surface area contributed by atoms with Crippen molar-refractivity contribution in [2.45, 2.75) is 19.3 Å². The zero-order valence-electron chi connectivity index (χ0n) is 14.0. The number of nitrogens with one attached hydrogen (secondary N) is 1. The van der Waals surface area contributed by atoms with E-state index in [2.05, 4.69) is 5.32 Å². The lowest BCUT2D eigenvalue weighted by atomic mass is 9.95. The fourth-order valence-corrected chi connectivity index (χ4v) is 3.48. The summed E-state index contributed by atoms with van der Waals surface area (Å²) in [5.41, 5.74) is 6.18. The minimum absolute atomic E-state index is 0. The van der Waals surface area contributed by atoms with Crippen LogP contribution in [0.1, 0.15) is 19.3 Å². The summed E-state index contributed by atoms with van der Waals surface area (Å²) in [7, 11) is -3.11. The maximum atomic E-state index is 12.5. The van der Waals surface area contributed by atoms with E-state index in [0.29, 0.717) is 23.0 Å². The summed E-state index contributed by atoms with van der Waals surface area (Å²) >= 11 is 6.00. The molecule has 9 heteroatoms. The standard InChI is InChI=1S/C16H23ClN2O4S.ClH/c1-24(21,22)8-7-23-15-6-5-12(17)9-14(15)19-16(20)13-4-2-3-11(13)10-18;/h5-6,9,11,13H,2-4,7-8,10,18H2,1H3,(H,19,20);1H/t11-,13-;/m1./s1. The first kappa shape index (κ1) is 22.0. The molecule has 0 aliphatic heterocycles. The molecule has 1 fully saturated rings. The van der Waals surface area contributed by atoms with Crippen LogP contribution in [0.15, 0.2) is 18.2 Å². The summed E-state index contributed by atoms with van der Waals surface area (Å²) < 4.78 is 27.9. The second-order valence-corrected chi connectivity index (χ2v) is 8.84. The van der Waals surface area contributed by atoms with Gasteiger partial charge in [-0.25, -0.2) is 8.42 Å². The molecule has 0 bridgehead atoms. The molecule has 0 spiro atoms. The maximum Gasteiger partial charge on any atom is 0.227 e. The quantitative estimate of drug-likeness (QED) is 0.719. The van der Waals surface area contributed by atoms with Gasteiger partial charge in [0, 0.05) is 17.2 Å². The van der Waals surface area contributed by atoms with Crippen molar-refractivity contribution in [2.24, 2.45) is 17.6 Å². The van der Waals surface area contributed by atoms with Crippen molar-refractivity contribution in [3.63, 3.8) is 0 Å². The SMILES string of the molecule is CS(=O)(=O)CCOc1ccc(Cl)cc1NC(=O)[C@@H]1CCC[C@@H]1CN.Cl. The van der Waals surface area contributed by atoms with Crippen LogP contribution in [-0.2, 0) is 14.6 Å². The summed E-state index contributed by atoms with van der Waals surface area (Å²) in [5, 5.41) is 3.31. The topological polar surface area (TPSA) is 98.5 Å². The van der Waals surface area contributed by atoms with Crippen LogP contribution in [0.2, 0.25) is 5.02 Å². The smallest absolute Gasteiger partial charge is 0.227 e. The van der Waals surface area contributed by atoms with Crippen molar-refractivity contribution in [1.82, 2.24) is 0 Å². The van der Waals surface area contributed by atoms with E-state index in [0.717, 1.165) is 25.5 Å². The average molecular weight is 411 g/mol. The number of nitrogens with two attached hydrogens (primary N) is 1. The predicted octanol–water partition coefficient (Wildman–Crippen LogP) is 2.50. The Balaban J connectivity index is 0.00000312. The van der Waals surface area contributed by atoms with Crippen molar-refractivity contribution in [1.29, 1.82) is 0 Å². The summed E-state index contributed by atoms with van der Waals surface area (Å²) in [4.78, 5) is 12.5. The third-order valence-electron chi connectivity index (χ3n) is 4.21. The molecule has 2 atom stereocenters. The molecule has 0 unspecified atom stereocenters. The van der Waals surface area contributed by atoms with Gasteiger partial charge in [-0.15, -0.1) is 12.4 Å². The molecule has 0 aromatic heterocycles. The average Bonchev–Trinajstić information content (AvgIpc) is 2.97. The Hall–Kier alpha value is -1.02. The lowest BCUT2D eigenvalue weighted by Gasteiger charge is -2.19. The highest BCUT2D eigenvalue weighted by molar-refractivity contribution is 7.90. The van der Waals surface area contributed by atoms with Crippen LogP contribution < -0.4 is 15.8 Å². The van der Waals surface area contributed by atoms with Gasteiger partial charge in [-0.2, -0.15) is 0 Å². The molecule has 0 radical (unpaired) electrons. The van der Waals surface area contributed by atoms with E-state index in [1.807, 2.05) is 0 Å². The summed E-state index contributed by atoms with van der Waals surface area (Å²) in [6.45, 7) is 0.504. The molecule has 3 N–H and O–H groups in total. The van der Waals surface area contributed by atoms with Gasteiger partial charge in [0.15, 0.2) is 9.84 Å². The summed E-state index contributed by atoms with van der Waals surface area (Å²) in [5.74, 6) is 0.287. The first-order valence-electron chi connectivity index (χ1n) is 7.91. The maximum absolute atomic E-state index is 12.5. The molecule has 1 aliphatic carbocycles. The van der Waals surface area contributed by atoms with Gasteiger partial charge in [0.1, 0.15) is 12.4 Å². The Morgan fingerprint density at radius 1 is 1.40 bits per heavy atom. The molecule has 142 valence electrons. The minimum Gasteiger partial charge on any atom is -0.490 e. The van der Waals surface area contributed by atoms with Gasteiger partial charge in [-0.1, -0.05) is 18.0 Å². The van der Waals surface area contributed by atoms with Crippen molar-refractivity contribution >= 4 is 45.4 Å². The molecular formula is C16H24Cl2N2O4S. The van der Waals surface area contributed by atoms with Crippen LogP contribution in [0.4, 0.5) is 5.69 Å². The van der Waals surface area contributed by atoms with Crippen LogP contribution in [0.3, 0.4) is 0 Å². The van der Waals surface area contributed by atoms with E-state index >= 15 is 0 Å². The van der Waals surface area contributed by atoms with E-state index in [1.54, 1.807) is 18.2 Å². The van der Waals surface area contributed by atoms with Gasteiger partial charge in [0.05, 0.1) is 11.4 Å². The summed E-state index contributed by atoms with van der Waals surface area (Å²) in [6.07, 6.45) is 3.92. The highest BCUT2D eigenvalue weighted by Gasteiger charge is 2.32. The van der Waals surface area contributed by atoms with Gasteiger partial charge >= 0.3 is 0 Å². The highest BCUT2D eigenvalue weighted by atomic mass is 35.5. The highest BCUT2D eigenvalue weighted by Crippen LogP contribution is 2.34. The third kappa shape index (κ3) is 6.66. The Kier molecular flexibility index (Phi) is 8.47. The van der Waals surface area contributed by atoms with Gasteiger partial charge in [-0.3, -0.25) is 4.79 Å². The van der Waals surface area contributed by atoms with Crippen molar-refractivity contribution in [3.8, 4) is 5.75 Å². The Morgan fingerprint density at radius 2 is 2.12 bits per heavy atom. The Bertz CT molecular complexity index is 697. The van der Waals surface area contributed by atoms with Gasteiger partial charge in [0.2, 0.25) is 5.91 Å². The molecule has 6 nitrogen and oxygen atoms in total. The number of carbonyl (C=O) groups excluding carboxylic acids is 1. The van der Waals surface area contributed by atoms with Gasteiger partial charge < -0.3 is 15.8 Å². The molecule has 25 heavy (non-hydrogen) atoms. The number of hydrogen-bond donors (Lipinski definition) is 2. The van der Waals surface area contributed by atoms with Crippen LogP contribution >= 0.6 is 24.0 Å². The number of sulfone groups is 1. The van der Waals surface area contributed by atoms with E-state index in [-0.39, 0.29) is 42.5 Å². The first-order valence-corrected chi connectivity index (χ1v) is 10.3. The van der Waals surface area contributed by atoms with Crippen LogP contribution in [0.5, 0.6) is 5.75 Å². The number of carbonyl (C=O) groups is 1.